The lowest BCUT2D eigenvalue weighted by Crippen LogP contribution is -2.66. The summed E-state index contributed by atoms with van der Waals surface area (Å²) in [5.74, 6) is 0. The molecule has 0 spiro atoms. The smallest absolute Gasteiger partial charge is 0.187 e. The summed E-state index contributed by atoms with van der Waals surface area (Å²) in [5.41, 5.74) is 0. The first kappa shape index (κ1) is 27.0. The van der Waals surface area contributed by atoms with E-state index < -0.39 is 105 Å². The highest BCUT2D eigenvalue weighted by Crippen LogP contribution is 2.32. The summed E-state index contributed by atoms with van der Waals surface area (Å²) in [6, 6.07) is 0. The van der Waals surface area contributed by atoms with Crippen LogP contribution in [0, 0.1) is 0 Å². The highest BCUT2D eigenvalue weighted by atomic mass is 16.8. The molecule has 0 aromatic carbocycles. The molecule has 10 N–H and O–H groups in total. The maximum Gasteiger partial charge on any atom is 0.187 e. The van der Waals surface area contributed by atoms with E-state index in [1.807, 2.05) is 0 Å². The Morgan fingerprint density at radius 3 is 1.61 bits per heavy atom. The number of aliphatic hydroxyl groups excluding tert-OH is 10. The van der Waals surface area contributed by atoms with E-state index in [4.69, 9.17) is 23.7 Å². The molecule has 0 radical (unpaired) electrons. The summed E-state index contributed by atoms with van der Waals surface area (Å²) in [5, 5.41) is 100.0. The van der Waals surface area contributed by atoms with Crippen molar-refractivity contribution in [3.8, 4) is 0 Å². The number of hydrogen-bond acceptors (Lipinski definition) is 15. The van der Waals surface area contributed by atoms with Crippen LogP contribution in [0.15, 0.2) is 0 Å². The Morgan fingerprint density at radius 1 is 0.545 bits per heavy atom. The third kappa shape index (κ3) is 5.32. The Hall–Kier alpha value is -0.600. The van der Waals surface area contributed by atoms with Gasteiger partial charge in [0.2, 0.25) is 0 Å². The van der Waals surface area contributed by atoms with Gasteiger partial charge in [0.05, 0.1) is 19.3 Å². The predicted molar refractivity (Wildman–Crippen MR) is 99.8 cm³/mol. The summed E-state index contributed by atoms with van der Waals surface area (Å²) in [7, 11) is 0. The average molecular weight is 488 g/mol. The van der Waals surface area contributed by atoms with Crippen LogP contribution in [0.5, 0.6) is 0 Å². The Labute approximate surface area is 187 Å². The summed E-state index contributed by atoms with van der Waals surface area (Å²) in [6.45, 7) is -0.115. The van der Waals surface area contributed by atoms with Gasteiger partial charge in [0.25, 0.3) is 0 Å². The molecule has 3 saturated heterocycles. The molecule has 15 heteroatoms. The van der Waals surface area contributed by atoms with Crippen LogP contribution in [-0.4, -0.2) is 156 Å². The molecule has 3 rings (SSSR count). The first-order chi connectivity index (χ1) is 15.5. The molecule has 15 nitrogen and oxygen atoms in total. The van der Waals surface area contributed by atoms with Gasteiger partial charge in [-0.25, -0.2) is 0 Å². The molecule has 0 aliphatic carbocycles. The van der Waals surface area contributed by atoms with Gasteiger partial charge in [0.1, 0.15) is 67.1 Å². The van der Waals surface area contributed by atoms with Crippen molar-refractivity contribution in [2.75, 3.05) is 13.2 Å². The van der Waals surface area contributed by atoms with Gasteiger partial charge in [-0.1, -0.05) is 0 Å². The second kappa shape index (κ2) is 11.0. The van der Waals surface area contributed by atoms with Crippen LogP contribution in [0.25, 0.3) is 0 Å². The summed E-state index contributed by atoms with van der Waals surface area (Å²) in [6.07, 6.45) is -24.1. The highest BCUT2D eigenvalue weighted by Gasteiger charge is 2.53. The first-order valence-electron chi connectivity index (χ1n) is 10.4. The Bertz CT molecular complexity index is 624. The SMILES string of the molecule is C[C@@H]1O[C@@H](O[C@H]2[C@@H](O[C@H]3O[C@H](CO)[C@@H](O)[C@H](O)[C@H]3O)[C@H](O)[C@@H](CO)O[C@@H]2O)[C@H](O)[C@H](O)[C@H]1O. The van der Waals surface area contributed by atoms with E-state index in [2.05, 4.69) is 0 Å². The number of aliphatic hydroxyl groups is 10. The second-order valence-corrected chi connectivity index (χ2v) is 8.32. The molecule has 0 unspecified atom stereocenters. The lowest BCUT2D eigenvalue weighted by molar-refractivity contribution is -0.386. The maximum absolute atomic E-state index is 10.6. The van der Waals surface area contributed by atoms with E-state index in [1.165, 1.54) is 6.92 Å². The Kier molecular flexibility index (Phi) is 8.99. The summed E-state index contributed by atoms with van der Waals surface area (Å²) in [4.78, 5) is 0. The van der Waals surface area contributed by atoms with Crippen LogP contribution in [0.4, 0.5) is 0 Å². The van der Waals surface area contributed by atoms with Gasteiger partial charge in [-0.15, -0.1) is 0 Å². The van der Waals surface area contributed by atoms with Crippen LogP contribution >= 0.6 is 0 Å². The van der Waals surface area contributed by atoms with Crippen LogP contribution < -0.4 is 0 Å². The molecule has 0 aromatic rings. The van der Waals surface area contributed by atoms with Crippen molar-refractivity contribution in [3.05, 3.63) is 0 Å². The molecule has 0 saturated carbocycles. The van der Waals surface area contributed by atoms with E-state index in [0.717, 1.165) is 0 Å². The molecule has 0 bridgehead atoms. The van der Waals surface area contributed by atoms with Gasteiger partial charge < -0.3 is 74.7 Å². The van der Waals surface area contributed by atoms with E-state index in [1.54, 1.807) is 0 Å². The van der Waals surface area contributed by atoms with Crippen LogP contribution in [0.3, 0.4) is 0 Å². The zero-order valence-electron chi connectivity index (χ0n) is 17.6. The molecular weight excluding hydrogens is 456 g/mol. The third-order valence-corrected chi connectivity index (χ3v) is 6.06. The van der Waals surface area contributed by atoms with E-state index in [-0.39, 0.29) is 0 Å². The summed E-state index contributed by atoms with van der Waals surface area (Å²) < 4.78 is 26.7. The van der Waals surface area contributed by atoms with E-state index in [0.29, 0.717) is 0 Å². The van der Waals surface area contributed by atoms with E-state index >= 15 is 0 Å². The second-order valence-electron chi connectivity index (χ2n) is 8.32. The van der Waals surface area contributed by atoms with Gasteiger partial charge >= 0.3 is 0 Å². The lowest BCUT2D eigenvalue weighted by atomic mass is 9.96. The molecule has 3 fully saturated rings. The minimum absolute atomic E-state index is 0.747. The van der Waals surface area contributed by atoms with Crippen molar-refractivity contribution < 1.29 is 74.7 Å². The van der Waals surface area contributed by atoms with Gasteiger partial charge in [-0.3, -0.25) is 0 Å². The third-order valence-electron chi connectivity index (χ3n) is 6.06. The van der Waals surface area contributed by atoms with Gasteiger partial charge in [0, 0.05) is 0 Å². The summed E-state index contributed by atoms with van der Waals surface area (Å²) >= 11 is 0. The molecule has 3 aliphatic heterocycles. The van der Waals surface area contributed by atoms with Crippen LogP contribution in [0.2, 0.25) is 0 Å². The van der Waals surface area contributed by atoms with Crippen molar-refractivity contribution in [2.45, 2.75) is 99.0 Å². The van der Waals surface area contributed by atoms with Gasteiger partial charge in [-0.05, 0) is 6.92 Å². The van der Waals surface area contributed by atoms with Crippen LogP contribution in [0.1, 0.15) is 6.92 Å². The molecule has 33 heavy (non-hydrogen) atoms. The van der Waals surface area contributed by atoms with E-state index in [9.17, 15) is 51.1 Å². The lowest BCUT2D eigenvalue weighted by Gasteiger charge is -2.48. The van der Waals surface area contributed by atoms with Crippen molar-refractivity contribution in [2.24, 2.45) is 0 Å². The van der Waals surface area contributed by atoms with Crippen molar-refractivity contribution in [1.82, 2.24) is 0 Å². The van der Waals surface area contributed by atoms with Crippen molar-refractivity contribution in [3.63, 3.8) is 0 Å². The monoisotopic (exact) mass is 488 g/mol. The maximum atomic E-state index is 10.6. The van der Waals surface area contributed by atoms with Crippen molar-refractivity contribution in [1.29, 1.82) is 0 Å². The predicted octanol–water partition coefficient (Wildman–Crippen LogP) is -6.55. The first-order valence-corrected chi connectivity index (χ1v) is 10.4. The molecule has 194 valence electrons. The zero-order valence-corrected chi connectivity index (χ0v) is 17.6. The number of rotatable bonds is 6. The molecular formula is C18H32O15. The minimum Gasteiger partial charge on any atom is -0.394 e. The highest BCUT2D eigenvalue weighted by molar-refractivity contribution is 4.96. The number of ether oxygens (including phenoxy) is 5. The fourth-order valence-corrected chi connectivity index (χ4v) is 3.97. The quantitative estimate of drug-likeness (QED) is 0.167. The molecule has 0 aromatic heterocycles. The van der Waals surface area contributed by atoms with Crippen molar-refractivity contribution >= 4 is 0 Å². The molecule has 3 aliphatic rings. The normalized spacial score (nSPS) is 53.7. The van der Waals surface area contributed by atoms with Crippen LogP contribution in [-0.2, 0) is 23.7 Å². The fourth-order valence-electron chi connectivity index (χ4n) is 3.97. The standard InChI is InChI=1S/C18H32O15/c1-4-7(21)10(24)12(26)17(29-4)33-15-14(9(23)6(3-20)30-16(15)28)32-18-13(27)11(25)8(22)5(2-19)31-18/h4-28H,2-3H2,1H3/t4-,5+,6+,7-,8+,9+,10+,11-,12+,13+,14-,15-,16-,17-,18+/m0/s1. The molecule has 3 heterocycles. The Balaban J connectivity index is 1.82. The van der Waals surface area contributed by atoms with Gasteiger partial charge in [-0.2, -0.15) is 0 Å². The average Bonchev–Trinajstić information content (AvgIpc) is 2.79. The Morgan fingerprint density at radius 2 is 1.03 bits per heavy atom. The topological polar surface area (TPSA) is 248 Å². The molecule has 0 amide bonds. The largest absolute Gasteiger partial charge is 0.394 e. The number of hydrogen-bond donors (Lipinski definition) is 10. The minimum atomic E-state index is -1.88. The molecule has 15 atom stereocenters. The van der Waals surface area contributed by atoms with Gasteiger partial charge in [0.15, 0.2) is 18.9 Å². The fraction of sp³-hybridized carbons (Fsp3) is 1.00. The zero-order chi connectivity index (χ0) is 24.6.